The molecule has 0 aliphatic rings. The van der Waals surface area contributed by atoms with E-state index in [1.165, 1.54) is 5.56 Å². The number of nitrogens with two attached hydrogens (primary N) is 1. The normalized spacial score (nSPS) is 14.3. The quantitative estimate of drug-likeness (QED) is 0.806. The predicted octanol–water partition coefficient (Wildman–Crippen LogP) is 4.19. The summed E-state index contributed by atoms with van der Waals surface area (Å²) >= 11 is 6.23. The first-order valence-corrected chi connectivity index (χ1v) is 7.15. The van der Waals surface area contributed by atoms with E-state index < -0.39 is 0 Å². The molecular weight excluding hydrogens is 246 g/mol. The summed E-state index contributed by atoms with van der Waals surface area (Å²) in [4.78, 5) is 0. The zero-order valence-corrected chi connectivity index (χ0v) is 12.3. The molecule has 2 N–H and O–H groups in total. The summed E-state index contributed by atoms with van der Waals surface area (Å²) in [6.07, 6.45) is 4.20. The lowest BCUT2D eigenvalue weighted by atomic mass is 10.0. The van der Waals surface area contributed by atoms with Crippen molar-refractivity contribution in [2.45, 2.75) is 58.6 Å². The van der Waals surface area contributed by atoms with Crippen LogP contribution in [0.5, 0.6) is 5.75 Å². The van der Waals surface area contributed by atoms with Crippen molar-refractivity contribution in [1.82, 2.24) is 0 Å². The van der Waals surface area contributed by atoms with Crippen molar-refractivity contribution in [3.63, 3.8) is 0 Å². The minimum absolute atomic E-state index is 0.201. The topological polar surface area (TPSA) is 35.2 Å². The van der Waals surface area contributed by atoms with E-state index in [4.69, 9.17) is 22.1 Å². The molecule has 1 aromatic carbocycles. The fourth-order valence-corrected chi connectivity index (χ4v) is 2.14. The molecule has 0 aliphatic carbocycles. The summed E-state index contributed by atoms with van der Waals surface area (Å²) in [5.41, 5.74) is 7.11. The zero-order chi connectivity index (χ0) is 13.5. The van der Waals surface area contributed by atoms with Gasteiger partial charge in [-0.05, 0) is 43.9 Å². The Morgan fingerprint density at radius 1 is 1.33 bits per heavy atom. The van der Waals surface area contributed by atoms with Crippen molar-refractivity contribution in [2.24, 2.45) is 5.73 Å². The Bertz CT molecular complexity index is 368. The lowest BCUT2D eigenvalue weighted by molar-refractivity contribution is 0.210. The number of hydrogen-bond donors (Lipinski definition) is 1. The van der Waals surface area contributed by atoms with Gasteiger partial charge >= 0.3 is 0 Å². The molecular formula is C15H24ClNO. The second kappa shape index (κ2) is 7.65. The predicted molar refractivity (Wildman–Crippen MR) is 78.4 cm³/mol. The van der Waals surface area contributed by atoms with Crippen LogP contribution >= 0.6 is 11.6 Å². The zero-order valence-electron chi connectivity index (χ0n) is 11.6. The molecule has 18 heavy (non-hydrogen) atoms. The van der Waals surface area contributed by atoms with Crippen molar-refractivity contribution in [2.75, 3.05) is 0 Å². The van der Waals surface area contributed by atoms with Gasteiger partial charge in [-0.1, -0.05) is 37.9 Å². The van der Waals surface area contributed by atoms with Gasteiger partial charge in [-0.15, -0.1) is 0 Å². The average Bonchev–Trinajstić information content (AvgIpc) is 2.33. The molecule has 0 bridgehead atoms. The van der Waals surface area contributed by atoms with Gasteiger partial charge in [-0.25, -0.2) is 0 Å². The Morgan fingerprint density at radius 2 is 2.06 bits per heavy atom. The molecule has 0 aliphatic heterocycles. The highest BCUT2D eigenvalue weighted by molar-refractivity contribution is 6.32. The van der Waals surface area contributed by atoms with Gasteiger partial charge in [0, 0.05) is 6.04 Å². The third-order valence-corrected chi connectivity index (χ3v) is 3.34. The molecule has 1 rings (SSSR count). The Kier molecular flexibility index (Phi) is 6.51. The van der Waals surface area contributed by atoms with Gasteiger partial charge in [-0.3, -0.25) is 0 Å². The van der Waals surface area contributed by atoms with Crippen LogP contribution < -0.4 is 10.5 Å². The molecule has 102 valence electrons. The fourth-order valence-electron chi connectivity index (χ4n) is 1.90. The average molecular weight is 270 g/mol. The van der Waals surface area contributed by atoms with Crippen molar-refractivity contribution in [1.29, 1.82) is 0 Å². The summed E-state index contributed by atoms with van der Waals surface area (Å²) in [6.45, 7) is 6.31. The smallest absolute Gasteiger partial charge is 0.138 e. The van der Waals surface area contributed by atoms with Gasteiger partial charge in [0.1, 0.15) is 5.75 Å². The summed E-state index contributed by atoms with van der Waals surface area (Å²) in [6, 6.07) is 6.17. The van der Waals surface area contributed by atoms with E-state index in [1.807, 2.05) is 12.1 Å². The van der Waals surface area contributed by atoms with Gasteiger partial charge < -0.3 is 10.5 Å². The molecule has 0 aromatic heterocycles. The lowest BCUT2D eigenvalue weighted by Gasteiger charge is -2.16. The molecule has 0 heterocycles. The molecule has 3 heteroatoms. The van der Waals surface area contributed by atoms with E-state index in [9.17, 15) is 0 Å². The van der Waals surface area contributed by atoms with Crippen LogP contribution in [0.25, 0.3) is 0 Å². The van der Waals surface area contributed by atoms with E-state index in [2.05, 4.69) is 26.8 Å². The molecule has 0 saturated heterocycles. The van der Waals surface area contributed by atoms with E-state index in [-0.39, 0.29) is 12.1 Å². The summed E-state index contributed by atoms with van der Waals surface area (Å²) in [5, 5.41) is 0.679. The molecule has 2 unspecified atom stereocenters. The molecule has 2 atom stereocenters. The number of hydrogen-bond acceptors (Lipinski definition) is 2. The number of rotatable bonds is 7. The standard InChI is InChI=1S/C15H24ClNO/c1-4-6-11(3)18-15-8-7-12(10-14(15)16)9-13(17)5-2/h7-8,10-11,13H,4-6,9,17H2,1-3H3. The lowest BCUT2D eigenvalue weighted by Crippen LogP contribution is -2.21. The van der Waals surface area contributed by atoms with Gasteiger partial charge in [0.15, 0.2) is 0 Å². The fraction of sp³-hybridized carbons (Fsp3) is 0.600. The minimum Gasteiger partial charge on any atom is -0.489 e. The number of halogens is 1. The maximum atomic E-state index is 6.23. The van der Waals surface area contributed by atoms with Crippen LogP contribution in [0.3, 0.4) is 0 Å². The van der Waals surface area contributed by atoms with Crippen LogP contribution in [0.1, 0.15) is 45.6 Å². The monoisotopic (exact) mass is 269 g/mol. The third kappa shape index (κ3) is 4.87. The van der Waals surface area contributed by atoms with Crippen LogP contribution in [0, 0.1) is 0 Å². The Balaban J connectivity index is 2.67. The minimum atomic E-state index is 0.201. The second-order valence-corrected chi connectivity index (χ2v) is 5.26. The highest BCUT2D eigenvalue weighted by Crippen LogP contribution is 2.27. The highest BCUT2D eigenvalue weighted by atomic mass is 35.5. The maximum absolute atomic E-state index is 6.23. The van der Waals surface area contributed by atoms with Crippen LogP contribution in [0.15, 0.2) is 18.2 Å². The van der Waals surface area contributed by atoms with Crippen molar-refractivity contribution in [3.05, 3.63) is 28.8 Å². The van der Waals surface area contributed by atoms with Gasteiger partial charge in [0.25, 0.3) is 0 Å². The summed E-state index contributed by atoms with van der Waals surface area (Å²) in [7, 11) is 0. The van der Waals surface area contributed by atoms with Crippen LogP contribution in [-0.2, 0) is 6.42 Å². The second-order valence-electron chi connectivity index (χ2n) is 4.85. The Labute approximate surface area is 115 Å². The van der Waals surface area contributed by atoms with Crippen molar-refractivity contribution in [3.8, 4) is 5.75 Å². The van der Waals surface area contributed by atoms with Gasteiger partial charge in [-0.2, -0.15) is 0 Å². The first kappa shape index (κ1) is 15.3. The molecule has 0 radical (unpaired) electrons. The van der Waals surface area contributed by atoms with E-state index in [1.54, 1.807) is 0 Å². The Morgan fingerprint density at radius 3 is 2.61 bits per heavy atom. The molecule has 0 amide bonds. The SMILES string of the molecule is CCCC(C)Oc1ccc(CC(N)CC)cc1Cl. The van der Waals surface area contributed by atoms with Gasteiger partial charge in [0.2, 0.25) is 0 Å². The molecule has 2 nitrogen and oxygen atoms in total. The first-order valence-electron chi connectivity index (χ1n) is 6.77. The van der Waals surface area contributed by atoms with Gasteiger partial charge in [0.05, 0.1) is 11.1 Å². The van der Waals surface area contributed by atoms with Crippen LogP contribution in [-0.4, -0.2) is 12.1 Å². The molecule has 0 fully saturated rings. The molecule has 0 saturated carbocycles. The van der Waals surface area contributed by atoms with Crippen molar-refractivity contribution < 1.29 is 4.74 Å². The van der Waals surface area contributed by atoms with E-state index in [0.717, 1.165) is 31.4 Å². The van der Waals surface area contributed by atoms with Crippen LogP contribution in [0.4, 0.5) is 0 Å². The largest absolute Gasteiger partial charge is 0.489 e. The van der Waals surface area contributed by atoms with E-state index in [0.29, 0.717) is 5.02 Å². The Hall–Kier alpha value is -0.730. The summed E-state index contributed by atoms with van der Waals surface area (Å²) < 4.78 is 5.81. The van der Waals surface area contributed by atoms with E-state index >= 15 is 0 Å². The summed E-state index contributed by atoms with van der Waals surface area (Å²) in [5.74, 6) is 0.770. The van der Waals surface area contributed by atoms with Crippen molar-refractivity contribution >= 4 is 11.6 Å². The molecule has 1 aromatic rings. The first-order chi connectivity index (χ1) is 8.56. The maximum Gasteiger partial charge on any atom is 0.138 e. The number of ether oxygens (including phenoxy) is 1. The molecule has 0 spiro atoms. The van der Waals surface area contributed by atoms with Crippen LogP contribution in [0.2, 0.25) is 5.02 Å². The highest BCUT2D eigenvalue weighted by Gasteiger charge is 2.09. The third-order valence-electron chi connectivity index (χ3n) is 3.04. The number of benzene rings is 1.